The number of hydrogen-bond donors (Lipinski definition) is 1. The van der Waals surface area contributed by atoms with Crippen molar-refractivity contribution in [2.24, 2.45) is 0 Å². The van der Waals surface area contributed by atoms with Crippen LogP contribution in [0.15, 0.2) is 18.2 Å². The lowest BCUT2D eigenvalue weighted by atomic mass is 9.98. The predicted octanol–water partition coefficient (Wildman–Crippen LogP) is 3.78. The van der Waals surface area contributed by atoms with Crippen molar-refractivity contribution in [3.8, 4) is 0 Å². The number of hydrogen-bond acceptors (Lipinski definition) is 2. The van der Waals surface area contributed by atoms with Gasteiger partial charge in [-0.1, -0.05) is 19.9 Å². The molecule has 1 aromatic carbocycles. The van der Waals surface area contributed by atoms with Gasteiger partial charge >= 0.3 is 6.18 Å². The van der Waals surface area contributed by atoms with Gasteiger partial charge in [0.2, 0.25) is 0 Å². The van der Waals surface area contributed by atoms with Crippen molar-refractivity contribution >= 4 is 0 Å². The molecule has 0 spiro atoms. The Morgan fingerprint density at radius 3 is 2.25 bits per heavy atom. The quantitative estimate of drug-likeness (QED) is 0.861. The van der Waals surface area contributed by atoms with Gasteiger partial charge in [0, 0.05) is 6.54 Å². The van der Waals surface area contributed by atoms with Gasteiger partial charge in [-0.2, -0.15) is 13.2 Å². The summed E-state index contributed by atoms with van der Waals surface area (Å²) >= 11 is 0. The average molecular weight is 289 g/mol. The third-order valence-electron chi connectivity index (χ3n) is 3.57. The Balaban J connectivity index is 2.76. The Bertz CT molecular complexity index is 428. The molecule has 1 atom stereocenters. The zero-order chi connectivity index (χ0) is 15.3. The van der Waals surface area contributed by atoms with E-state index in [0.717, 1.165) is 31.8 Å². The molecule has 1 unspecified atom stereocenters. The fraction of sp³-hybridized carbons (Fsp3) is 0.600. The maximum atomic E-state index is 12.6. The zero-order valence-corrected chi connectivity index (χ0v) is 12.2. The second-order valence-corrected chi connectivity index (χ2v) is 4.90. The number of aryl methyl sites for hydroxylation is 1. The van der Waals surface area contributed by atoms with E-state index in [0.29, 0.717) is 17.5 Å². The van der Waals surface area contributed by atoms with Gasteiger partial charge in [0.25, 0.3) is 0 Å². The molecule has 0 saturated heterocycles. The molecule has 0 aromatic heterocycles. The van der Waals surface area contributed by atoms with E-state index in [1.165, 1.54) is 6.07 Å². The Morgan fingerprint density at radius 1 is 1.20 bits per heavy atom. The molecule has 114 valence electrons. The van der Waals surface area contributed by atoms with Gasteiger partial charge in [-0.05, 0) is 49.7 Å². The first-order chi connectivity index (χ1) is 9.29. The van der Waals surface area contributed by atoms with E-state index < -0.39 is 17.8 Å². The Hall–Kier alpha value is -1.07. The van der Waals surface area contributed by atoms with Crippen molar-refractivity contribution in [3.05, 3.63) is 34.9 Å². The van der Waals surface area contributed by atoms with Crippen molar-refractivity contribution < 1.29 is 18.3 Å². The summed E-state index contributed by atoms with van der Waals surface area (Å²) in [5.74, 6) is 0. The van der Waals surface area contributed by atoms with Crippen molar-refractivity contribution in [1.82, 2.24) is 4.90 Å². The van der Waals surface area contributed by atoms with Crippen LogP contribution in [0.4, 0.5) is 13.2 Å². The SMILES string of the molecule is CCN(CC)CCC(O)c1ccc(C(F)(F)F)cc1C. The van der Waals surface area contributed by atoms with Crippen LogP contribution >= 0.6 is 0 Å². The molecule has 0 amide bonds. The highest BCUT2D eigenvalue weighted by atomic mass is 19.4. The van der Waals surface area contributed by atoms with E-state index in [1.54, 1.807) is 6.92 Å². The third-order valence-corrected chi connectivity index (χ3v) is 3.57. The van der Waals surface area contributed by atoms with E-state index in [1.807, 2.05) is 13.8 Å². The molecular formula is C15H22F3NO. The van der Waals surface area contributed by atoms with Gasteiger partial charge in [0.05, 0.1) is 11.7 Å². The number of aliphatic hydroxyl groups excluding tert-OH is 1. The lowest BCUT2D eigenvalue weighted by Crippen LogP contribution is -2.25. The molecule has 20 heavy (non-hydrogen) atoms. The molecule has 0 aliphatic heterocycles. The summed E-state index contributed by atoms with van der Waals surface area (Å²) in [5, 5.41) is 10.1. The van der Waals surface area contributed by atoms with E-state index in [2.05, 4.69) is 4.90 Å². The van der Waals surface area contributed by atoms with Crippen LogP contribution in [0, 0.1) is 6.92 Å². The Morgan fingerprint density at radius 2 is 1.80 bits per heavy atom. The number of nitrogens with zero attached hydrogens (tertiary/aromatic N) is 1. The van der Waals surface area contributed by atoms with Crippen molar-refractivity contribution in [2.75, 3.05) is 19.6 Å². The monoisotopic (exact) mass is 289 g/mol. The molecule has 0 heterocycles. The topological polar surface area (TPSA) is 23.5 Å². The smallest absolute Gasteiger partial charge is 0.388 e. The van der Waals surface area contributed by atoms with Crippen LogP contribution in [0.5, 0.6) is 0 Å². The molecule has 0 radical (unpaired) electrons. The van der Waals surface area contributed by atoms with E-state index in [9.17, 15) is 18.3 Å². The molecule has 1 rings (SSSR count). The van der Waals surface area contributed by atoms with Gasteiger partial charge in [-0.25, -0.2) is 0 Å². The first kappa shape index (κ1) is 17.0. The summed E-state index contributed by atoms with van der Waals surface area (Å²) in [7, 11) is 0. The third kappa shape index (κ3) is 4.49. The molecule has 1 aromatic rings. The minimum atomic E-state index is -4.34. The van der Waals surface area contributed by atoms with Crippen molar-refractivity contribution in [1.29, 1.82) is 0 Å². The summed E-state index contributed by atoms with van der Waals surface area (Å²) < 4.78 is 37.7. The van der Waals surface area contributed by atoms with Crippen molar-refractivity contribution in [2.45, 2.75) is 39.5 Å². The van der Waals surface area contributed by atoms with Gasteiger partial charge < -0.3 is 10.0 Å². The second kappa shape index (κ2) is 7.09. The fourth-order valence-corrected chi connectivity index (χ4v) is 2.23. The van der Waals surface area contributed by atoms with E-state index in [-0.39, 0.29) is 0 Å². The summed E-state index contributed by atoms with van der Waals surface area (Å²) in [5.41, 5.74) is 0.381. The van der Waals surface area contributed by atoms with Crippen LogP contribution in [0.2, 0.25) is 0 Å². The minimum absolute atomic E-state index is 0.479. The lowest BCUT2D eigenvalue weighted by molar-refractivity contribution is -0.137. The standard InChI is InChI=1S/C15H22F3NO/c1-4-19(5-2)9-8-14(20)13-7-6-12(10-11(13)3)15(16,17)18/h6-7,10,14,20H,4-5,8-9H2,1-3H3. The average Bonchev–Trinajstić information content (AvgIpc) is 2.38. The summed E-state index contributed by atoms with van der Waals surface area (Å²) in [4.78, 5) is 2.17. The molecule has 0 saturated carbocycles. The normalized spacial score (nSPS) is 13.8. The lowest BCUT2D eigenvalue weighted by Gasteiger charge is -2.21. The number of rotatable bonds is 6. The van der Waals surface area contributed by atoms with Crippen LogP contribution in [0.3, 0.4) is 0 Å². The number of aliphatic hydroxyl groups is 1. The minimum Gasteiger partial charge on any atom is -0.388 e. The van der Waals surface area contributed by atoms with E-state index in [4.69, 9.17) is 0 Å². The zero-order valence-electron chi connectivity index (χ0n) is 12.2. The van der Waals surface area contributed by atoms with Gasteiger partial charge in [-0.3, -0.25) is 0 Å². The molecule has 0 aliphatic carbocycles. The molecule has 0 bridgehead atoms. The first-order valence-corrected chi connectivity index (χ1v) is 6.87. The van der Waals surface area contributed by atoms with Crippen molar-refractivity contribution in [3.63, 3.8) is 0 Å². The maximum absolute atomic E-state index is 12.6. The van der Waals surface area contributed by atoms with Crippen LogP contribution in [0.1, 0.15) is 43.1 Å². The van der Waals surface area contributed by atoms with Gasteiger partial charge in [-0.15, -0.1) is 0 Å². The van der Waals surface area contributed by atoms with Crippen LogP contribution in [0.25, 0.3) is 0 Å². The highest BCUT2D eigenvalue weighted by Gasteiger charge is 2.30. The molecular weight excluding hydrogens is 267 g/mol. The molecule has 0 fully saturated rings. The molecule has 1 N–H and O–H groups in total. The highest BCUT2D eigenvalue weighted by molar-refractivity contribution is 5.33. The number of halogens is 3. The Kier molecular flexibility index (Phi) is 6.02. The highest BCUT2D eigenvalue weighted by Crippen LogP contribution is 2.32. The summed E-state index contributed by atoms with van der Waals surface area (Å²) in [6.07, 6.45) is -4.54. The second-order valence-electron chi connectivity index (χ2n) is 4.90. The largest absolute Gasteiger partial charge is 0.416 e. The molecule has 2 nitrogen and oxygen atoms in total. The predicted molar refractivity (Wildman–Crippen MR) is 73.5 cm³/mol. The van der Waals surface area contributed by atoms with Crippen LogP contribution < -0.4 is 0 Å². The summed E-state index contributed by atoms with van der Waals surface area (Å²) in [6, 6.07) is 3.50. The first-order valence-electron chi connectivity index (χ1n) is 6.87. The van der Waals surface area contributed by atoms with Crippen LogP contribution in [-0.4, -0.2) is 29.6 Å². The molecule has 0 aliphatic rings. The van der Waals surface area contributed by atoms with E-state index >= 15 is 0 Å². The molecule has 5 heteroatoms. The Labute approximate surface area is 118 Å². The number of alkyl halides is 3. The van der Waals surface area contributed by atoms with Gasteiger partial charge in [0.1, 0.15) is 0 Å². The number of benzene rings is 1. The van der Waals surface area contributed by atoms with Gasteiger partial charge in [0.15, 0.2) is 0 Å². The summed E-state index contributed by atoms with van der Waals surface area (Å²) in [6.45, 7) is 8.21. The fourth-order valence-electron chi connectivity index (χ4n) is 2.23. The maximum Gasteiger partial charge on any atom is 0.416 e. The van der Waals surface area contributed by atoms with Crippen LogP contribution in [-0.2, 0) is 6.18 Å².